The van der Waals surface area contributed by atoms with Crippen LogP contribution in [0.25, 0.3) is 0 Å². The zero-order valence-electron chi connectivity index (χ0n) is 26.5. The van der Waals surface area contributed by atoms with Crippen molar-refractivity contribution in [1.82, 2.24) is 4.90 Å². The summed E-state index contributed by atoms with van der Waals surface area (Å²) >= 11 is 0. The van der Waals surface area contributed by atoms with Gasteiger partial charge in [0, 0.05) is 25.8 Å². The molecule has 3 fully saturated rings. The molecule has 4 rings (SSSR count). The topological polar surface area (TPSA) is 113 Å². The number of nitrogens with zero attached hydrogens (tertiary/aromatic N) is 1. The van der Waals surface area contributed by atoms with Crippen LogP contribution >= 0.6 is 7.60 Å². The largest absolute Gasteiger partial charge is 0.378 e. The summed E-state index contributed by atoms with van der Waals surface area (Å²) in [5, 5.41) is 0. The molecule has 0 aliphatic carbocycles. The predicted octanol–water partition coefficient (Wildman–Crippen LogP) is 4.03. The Labute approximate surface area is 262 Å². The summed E-state index contributed by atoms with van der Waals surface area (Å²) in [6, 6.07) is 9.85. The van der Waals surface area contributed by atoms with Crippen molar-refractivity contribution < 1.29 is 51.5 Å². The molecular formula is C31H52NO11P. The van der Waals surface area contributed by atoms with E-state index < -0.39 is 38.5 Å². The van der Waals surface area contributed by atoms with Gasteiger partial charge in [0.1, 0.15) is 24.4 Å². The third-order valence-corrected chi connectivity index (χ3v) is 9.99. The number of ether oxygens (including phenoxy) is 8. The van der Waals surface area contributed by atoms with Gasteiger partial charge in [0.15, 0.2) is 12.6 Å². The van der Waals surface area contributed by atoms with Crippen LogP contribution in [0.3, 0.4) is 0 Å². The molecular weight excluding hydrogens is 593 g/mol. The Kier molecular flexibility index (Phi) is 16.0. The van der Waals surface area contributed by atoms with Crippen LogP contribution in [0, 0.1) is 0 Å². The maximum absolute atomic E-state index is 12.7. The monoisotopic (exact) mass is 645 g/mol. The van der Waals surface area contributed by atoms with Crippen molar-refractivity contribution in [1.29, 1.82) is 0 Å². The van der Waals surface area contributed by atoms with Crippen molar-refractivity contribution in [2.24, 2.45) is 0 Å². The molecule has 3 saturated heterocycles. The highest BCUT2D eigenvalue weighted by molar-refractivity contribution is 7.53. The first-order chi connectivity index (χ1) is 21.6. The molecule has 0 aromatic heterocycles. The van der Waals surface area contributed by atoms with E-state index in [0.29, 0.717) is 65.6 Å². The first-order valence-corrected chi connectivity index (χ1v) is 17.8. The number of hydrogen-bond acceptors (Lipinski definition) is 12. The fourth-order valence-corrected chi connectivity index (χ4v) is 7.40. The molecule has 12 nitrogen and oxygen atoms in total. The van der Waals surface area contributed by atoms with Gasteiger partial charge in [0.05, 0.1) is 65.6 Å². The molecule has 0 bridgehead atoms. The molecule has 0 amide bonds. The lowest BCUT2D eigenvalue weighted by atomic mass is 9.97. The summed E-state index contributed by atoms with van der Waals surface area (Å²) in [5.74, 6) is 0. The second-order valence-corrected chi connectivity index (χ2v) is 13.1. The van der Waals surface area contributed by atoms with Crippen LogP contribution in [0.5, 0.6) is 0 Å². The van der Waals surface area contributed by atoms with Gasteiger partial charge in [0.2, 0.25) is 0 Å². The number of hydrogen-bond donors (Lipinski definition) is 0. The molecule has 0 spiro atoms. The van der Waals surface area contributed by atoms with E-state index >= 15 is 0 Å². The molecule has 0 saturated carbocycles. The molecule has 44 heavy (non-hydrogen) atoms. The molecule has 3 heterocycles. The van der Waals surface area contributed by atoms with Crippen LogP contribution < -0.4 is 0 Å². The second kappa shape index (κ2) is 19.6. The molecule has 6 atom stereocenters. The molecule has 0 radical (unpaired) electrons. The van der Waals surface area contributed by atoms with Crippen molar-refractivity contribution in [3.05, 3.63) is 35.9 Å². The lowest BCUT2D eigenvalue weighted by Gasteiger charge is -2.48. The third kappa shape index (κ3) is 11.1. The Hall–Kier alpha value is -0.990. The van der Waals surface area contributed by atoms with E-state index in [2.05, 4.69) is 4.90 Å². The third-order valence-electron chi connectivity index (χ3n) is 7.83. The Morgan fingerprint density at radius 3 is 2.14 bits per heavy atom. The standard InChI is InChI=1S/C31H52NO11P/c1-4-40-44(33,41-5-2)23-11-7-10-14-32-15-17-35-19-21-37-28-27-26(24-39-30(43-27)25-12-8-6-9-13-25)42-31(34-3)29(28)38-22-20-36-18-16-32/h6,8-9,12-13,26-31H,4-5,7,10-11,14-24H2,1-3H3/t26-,27-,28+,29-,30?,31+/m1/s1. The van der Waals surface area contributed by atoms with E-state index in [-0.39, 0.29) is 6.10 Å². The van der Waals surface area contributed by atoms with Crippen molar-refractivity contribution >= 4 is 7.60 Å². The van der Waals surface area contributed by atoms with Gasteiger partial charge in [-0.05, 0) is 33.2 Å². The zero-order chi connectivity index (χ0) is 31.0. The van der Waals surface area contributed by atoms with Crippen LogP contribution in [-0.2, 0) is 51.5 Å². The smallest absolute Gasteiger partial charge is 0.330 e. The molecule has 252 valence electrons. The molecule has 1 unspecified atom stereocenters. The number of benzene rings is 1. The highest BCUT2D eigenvalue weighted by Crippen LogP contribution is 2.48. The van der Waals surface area contributed by atoms with E-state index in [0.717, 1.165) is 44.5 Å². The van der Waals surface area contributed by atoms with E-state index in [1.165, 1.54) is 0 Å². The molecule has 1 aromatic rings. The van der Waals surface area contributed by atoms with Crippen LogP contribution in [0.2, 0.25) is 0 Å². The Morgan fingerprint density at radius 2 is 1.48 bits per heavy atom. The fraction of sp³-hybridized carbons (Fsp3) is 0.806. The maximum Gasteiger partial charge on any atom is 0.330 e. The summed E-state index contributed by atoms with van der Waals surface area (Å²) in [5.41, 5.74) is 0.937. The van der Waals surface area contributed by atoms with Gasteiger partial charge in [-0.3, -0.25) is 9.46 Å². The van der Waals surface area contributed by atoms with Gasteiger partial charge in [-0.1, -0.05) is 36.8 Å². The maximum atomic E-state index is 12.7. The Morgan fingerprint density at radius 1 is 0.795 bits per heavy atom. The van der Waals surface area contributed by atoms with E-state index in [4.69, 9.17) is 46.9 Å². The molecule has 1 aromatic carbocycles. The minimum Gasteiger partial charge on any atom is -0.378 e. The summed E-state index contributed by atoms with van der Waals surface area (Å²) in [6.45, 7) is 10.0. The SMILES string of the molecule is CCOP(=O)(CCCCCN1CCOCCO[C@@H]2[C@@H](OCCOCC1)[C@@H](OC)O[C@@H]1COC(c3ccccc3)O[C@@H]21)OCC. The minimum absolute atomic E-state index is 0.352. The van der Waals surface area contributed by atoms with Crippen LogP contribution in [0.15, 0.2) is 30.3 Å². The highest BCUT2D eigenvalue weighted by Gasteiger charge is 2.51. The second-order valence-electron chi connectivity index (χ2n) is 10.9. The van der Waals surface area contributed by atoms with Crippen molar-refractivity contribution in [3.8, 4) is 0 Å². The zero-order valence-corrected chi connectivity index (χ0v) is 27.4. The van der Waals surface area contributed by atoms with Gasteiger partial charge in [-0.15, -0.1) is 0 Å². The number of rotatable bonds is 12. The lowest BCUT2D eigenvalue weighted by molar-refractivity contribution is -0.368. The lowest BCUT2D eigenvalue weighted by Crippen LogP contribution is -2.63. The molecule has 3 aliphatic heterocycles. The normalized spacial score (nSPS) is 30.1. The quantitative estimate of drug-likeness (QED) is 0.242. The van der Waals surface area contributed by atoms with Crippen LogP contribution in [-0.4, -0.2) is 128 Å². The average molecular weight is 646 g/mol. The van der Waals surface area contributed by atoms with E-state index in [1.54, 1.807) is 7.11 Å². The highest BCUT2D eigenvalue weighted by atomic mass is 31.2. The van der Waals surface area contributed by atoms with Crippen molar-refractivity contribution in [2.75, 3.05) is 92.4 Å². The minimum atomic E-state index is -2.98. The van der Waals surface area contributed by atoms with Crippen molar-refractivity contribution in [2.45, 2.75) is 70.1 Å². The van der Waals surface area contributed by atoms with Gasteiger partial charge in [-0.25, -0.2) is 0 Å². The van der Waals surface area contributed by atoms with Crippen LogP contribution in [0.1, 0.15) is 45.0 Å². The Balaban J connectivity index is 1.28. The number of fused-ring (bicyclic) bond motifs is 3. The Bertz CT molecular complexity index is 950. The number of methoxy groups -OCH3 is 1. The van der Waals surface area contributed by atoms with Gasteiger partial charge >= 0.3 is 7.60 Å². The predicted molar refractivity (Wildman–Crippen MR) is 163 cm³/mol. The fourth-order valence-electron chi connectivity index (χ4n) is 5.67. The number of unbranched alkanes of at least 4 members (excludes halogenated alkanes) is 2. The van der Waals surface area contributed by atoms with Crippen molar-refractivity contribution in [3.63, 3.8) is 0 Å². The molecule has 13 heteroatoms. The summed E-state index contributed by atoms with van der Waals surface area (Å²) in [6.07, 6.45) is 0.279. The van der Waals surface area contributed by atoms with Gasteiger partial charge in [0.25, 0.3) is 0 Å². The first kappa shape index (κ1) is 35.9. The van der Waals surface area contributed by atoms with Crippen LogP contribution in [0.4, 0.5) is 0 Å². The summed E-state index contributed by atoms with van der Waals surface area (Å²) in [4.78, 5) is 2.34. The van der Waals surface area contributed by atoms with Gasteiger partial charge < -0.3 is 46.9 Å². The molecule has 0 N–H and O–H groups in total. The average Bonchev–Trinajstić information content (AvgIpc) is 3.04. The summed E-state index contributed by atoms with van der Waals surface area (Å²) in [7, 11) is -1.38. The first-order valence-electron chi connectivity index (χ1n) is 16.1. The summed E-state index contributed by atoms with van der Waals surface area (Å²) < 4.78 is 72.4. The van der Waals surface area contributed by atoms with Gasteiger partial charge in [-0.2, -0.15) is 0 Å². The van der Waals surface area contributed by atoms with E-state index in [9.17, 15) is 4.57 Å². The molecule has 3 aliphatic rings. The van der Waals surface area contributed by atoms with E-state index in [1.807, 2.05) is 44.2 Å².